The van der Waals surface area contributed by atoms with Crippen LogP contribution in [0, 0.1) is 5.92 Å². The molecule has 4 unspecified atom stereocenters. The lowest BCUT2D eigenvalue weighted by Gasteiger charge is -2.43. The molecule has 2 N–H and O–H groups in total. The van der Waals surface area contributed by atoms with Crippen molar-refractivity contribution in [3.05, 3.63) is 60.7 Å². The Morgan fingerprint density at radius 2 is 1.60 bits per heavy atom. The van der Waals surface area contributed by atoms with Crippen LogP contribution < -0.4 is 10.4 Å². The highest BCUT2D eigenvalue weighted by Crippen LogP contribution is 2.38. The zero-order valence-corrected chi connectivity index (χ0v) is 24.6. The van der Waals surface area contributed by atoms with E-state index in [0.29, 0.717) is 37.1 Å². The second kappa shape index (κ2) is 11.6. The minimum absolute atomic E-state index is 0.0366. The maximum atomic E-state index is 11.0. The van der Waals surface area contributed by atoms with Crippen molar-refractivity contribution in [1.29, 1.82) is 0 Å². The highest BCUT2D eigenvalue weighted by atomic mass is 79.9. The first-order chi connectivity index (χ1) is 16.4. The Hall–Kier alpha value is -1.02. The van der Waals surface area contributed by atoms with Crippen molar-refractivity contribution in [2.75, 3.05) is 11.9 Å². The maximum absolute atomic E-state index is 11.0. The van der Waals surface area contributed by atoms with E-state index in [0.717, 1.165) is 12.8 Å². The molecular formula is C29H43BrO4Si. The van der Waals surface area contributed by atoms with Crippen molar-refractivity contribution >= 4 is 34.6 Å². The molecule has 2 aromatic rings. The summed E-state index contributed by atoms with van der Waals surface area (Å²) in [6, 6.07) is 21.5. The summed E-state index contributed by atoms with van der Waals surface area (Å²) in [5.41, 5.74) is -0.953. The second-order valence-corrected chi connectivity index (χ2v) is 16.4. The molecule has 35 heavy (non-hydrogen) atoms. The van der Waals surface area contributed by atoms with Crippen LogP contribution in [0.25, 0.3) is 0 Å². The first-order valence-corrected chi connectivity index (χ1v) is 15.9. The lowest BCUT2D eigenvalue weighted by Crippen LogP contribution is -2.66. The SMILES string of the molecule is CC(CCCC(C)(O)C1CCC(O)(CBr)O1)CO[Si](c1ccccc1)(c1ccccc1)C(C)(C)C. The third-order valence-electron chi connectivity index (χ3n) is 7.44. The van der Waals surface area contributed by atoms with Crippen LogP contribution in [0.15, 0.2) is 60.7 Å². The summed E-state index contributed by atoms with van der Waals surface area (Å²) in [5, 5.41) is 24.3. The molecule has 1 saturated heterocycles. The molecule has 6 heteroatoms. The lowest BCUT2D eigenvalue weighted by atomic mass is 9.89. The molecule has 0 radical (unpaired) electrons. The number of aliphatic hydroxyl groups is 2. The van der Waals surface area contributed by atoms with Crippen molar-refractivity contribution in [2.45, 2.75) is 89.3 Å². The predicted molar refractivity (Wildman–Crippen MR) is 150 cm³/mol. The van der Waals surface area contributed by atoms with Crippen LogP contribution in [-0.2, 0) is 9.16 Å². The normalized spacial score (nSPS) is 23.7. The molecular weight excluding hydrogens is 520 g/mol. The third kappa shape index (κ3) is 6.65. The average Bonchev–Trinajstić information content (AvgIpc) is 3.24. The zero-order valence-electron chi connectivity index (χ0n) is 22.0. The highest BCUT2D eigenvalue weighted by molar-refractivity contribution is 9.09. The molecule has 194 valence electrons. The van der Waals surface area contributed by atoms with E-state index >= 15 is 0 Å². The fourth-order valence-electron chi connectivity index (χ4n) is 5.36. The maximum Gasteiger partial charge on any atom is 0.261 e. The van der Waals surface area contributed by atoms with E-state index in [1.165, 1.54) is 10.4 Å². The molecule has 0 amide bonds. The van der Waals surface area contributed by atoms with Gasteiger partial charge in [0, 0.05) is 13.0 Å². The van der Waals surface area contributed by atoms with Crippen LogP contribution in [0.4, 0.5) is 0 Å². The Morgan fingerprint density at radius 1 is 1.06 bits per heavy atom. The number of hydrogen-bond donors (Lipinski definition) is 2. The second-order valence-electron chi connectivity index (χ2n) is 11.6. The van der Waals surface area contributed by atoms with Crippen molar-refractivity contribution in [3.8, 4) is 0 Å². The Labute approximate surface area is 221 Å². The number of rotatable bonds is 11. The van der Waals surface area contributed by atoms with Gasteiger partial charge in [-0.25, -0.2) is 0 Å². The Bertz CT molecular complexity index is 876. The quantitative estimate of drug-likeness (QED) is 0.285. The number of ether oxygens (including phenoxy) is 1. The van der Waals surface area contributed by atoms with E-state index in [2.05, 4.69) is 104 Å². The predicted octanol–water partition coefficient (Wildman–Crippen LogP) is 5.38. The van der Waals surface area contributed by atoms with E-state index < -0.39 is 19.7 Å². The molecule has 4 nitrogen and oxygen atoms in total. The molecule has 4 atom stereocenters. The Morgan fingerprint density at radius 3 is 2.06 bits per heavy atom. The number of benzene rings is 2. The van der Waals surface area contributed by atoms with Gasteiger partial charge in [0.2, 0.25) is 0 Å². The molecule has 1 heterocycles. The van der Waals surface area contributed by atoms with Crippen molar-refractivity contribution < 1.29 is 19.4 Å². The first-order valence-electron chi connectivity index (χ1n) is 12.9. The van der Waals surface area contributed by atoms with Crippen LogP contribution in [-0.4, -0.2) is 48.0 Å². The fourth-order valence-corrected chi connectivity index (χ4v) is 10.5. The van der Waals surface area contributed by atoms with Gasteiger partial charge in [0.1, 0.15) is 0 Å². The summed E-state index contributed by atoms with van der Waals surface area (Å²) in [5.74, 6) is -0.803. The number of halogens is 1. The van der Waals surface area contributed by atoms with Crippen molar-refractivity contribution in [2.24, 2.45) is 5.92 Å². The average molecular weight is 564 g/mol. The number of alkyl halides is 1. The summed E-state index contributed by atoms with van der Waals surface area (Å²) in [6.45, 7) is 11.7. The minimum atomic E-state index is -2.53. The van der Waals surface area contributed by atoms with Gasteiger partial charge in [0.05, 0.1) is 17.0 Å². The molecule has 0 spiro atoms. The van der Waals surface area contributed by atoms with Crippen LogP contribution in [0.2, 0.25) is 5.04 Å². The van der Waals surface area contributed by atoms with Gasteiger partial charge in [-0.2, -0.15) is 0 Å². The van der Waals surface area contributed by atoms with Gasteiger partial charge < -0.3 is 19.4 Å². The van der Waals surface area contributed by atoms with E-state index in [-0.39, 0.29) is 11.1 Å². The molecule has 2 aromatic carbocycles. The van der Waals surface area contributed by atoms with Crippen LogP contribution in [0.3, 0.4) is 0 Å². The summed E-state index contributed by atoms with van der Waals surface area (Å²) in [7, 11) is -2.53. The minimum Gasteiger partial charge on any atom is -0.407 e. The molecule has 1 fully saturated rings. The van der Waals surface area contributed by atoms with Crippen molar-refractivity contribution in [1.82, 2.24) is 0 Å². The van der Waals surface area contributed by atoms with Crippen LogP contribution >= 0.6 is 15.9 Å². The molecule has 1 aliphatic rings. The molecule has 1 aliphatic heterocycles. The van der Waals surface area contributed by atoms with E-state index in [9.17, 15) is 10.2 Å². The van der Waals surface area contributed by atoms with Gasteiger partial charge in [0.25, 0.3) is 8.32 Å². The summed E-state index contributed by atoms with van der Waals surface area (Å²) < 4.78 is 12.9. The third-order valence-corrected chi connectivity index (χ3v) is 13.3. The smallest absolute Gasteiger partial charge is 0.261 e. The first kappa shape index (κ1) is 28.5. The zero-order chi connectivity index (χ0) is 25.7. The highest BCUT2D eigenvalue weighted by Gasteiger charge is 2.50. The standard InChI is InChI=1S/C29H43BrO4Si/c1-23(13-12-19-28(5,31)26-18-20-29(32,22-30)34-26)21-33-35(27(2,3)4,24-14-8-6-9-15-24)25-16-10-7-11-17-25/h6-11,14-17,23,26,31-32H,12-13,18-22H2,1-5H3. The van der Waals surface area contributed by atoms with Gasteiger partial charge in [0.15, 0.2) is 5.79 Å². The van der Waals surface area contributed by atoms with E-state index in [4.69, 9.17) is 9.16 Å². The van der Waals surface area contributed by atoms with Crippen LogP contribution in [0.1, 0.15) is 66.7 Å². The van der Waals surface area contributed by atoms with E-state index in [1.807, 2.05) is 6.92 Å². The van der Waals surface area contributed by atoms with Gasteiger partial charge >= 0.3 is 0 Å². The fraction of sp³-hybridized carbons (Fsp3) is 0.586. The monoisotopic (exact) mass is 562 g/mol. The molecule has 0 bridgehead atoms. The largest absolute Gasteiger partial charge is 0.407 e. The summed E-state index contributed by atoms with van der Waals surface area (Å²) in [6.07, 6.45) is 3.35. The molecule has 0 aliphatic carbocycles. The van der Waals surface area contributed by atoms with Gasteiger partial charge in [-0.3, -0.25) is 0 Å². The summed E-state index contributed by atoms with van der Waals surface area (Å²) >= 11 is 3.31. The van der Waals surface area contributed by atoms with Gasteiger partial charge in [-0.15, -0.1) is 0 Å². The molecule has 0 saturated carbocycles. The van der Waals surface area contributed by atoms with Crippen molar-refractivity contribution in [3.63, 3.8) is 0 Å². The summed E-state index contributed by atoms with van der Waals surface area (Å²) in [4.78, 5) is 0. The van der Waals surface area contributed by atoms with Gasteiger partial charge in [-0.05, 0) is 47.5 Å². The Kier molecular flexibility index (Phi) is 9.44. The molecule has 3 rings (SSSR count). The van der Waals surface area contributed by atoms with Crippen LogP contribution in [0.5, 0.6) is 0 Å². The van der Waals surface area contributed by atoms with Gasteiger partial charge in [-0.1, -0.05) is 111 Å². The topological polar surface area (TPSA) is 58.9 Å². The number of hydrogen-bond acceptors (Lipinski definition) is 4. The van der Waals surface area contributed by atoms with E-state index in [1.54, 1.807) is 0 Å². The molecule has 0 aromatic heterocycles. The Balaban J connectivity index is 1.67. The lowest BCUT2D eigenvalue weighted by molar-refractivity contribution is -0.210.